The zero-order valence-corrected chi connectivity index (χ0v) is 10.3. The minimum Gasteiger partial charge on any atom is -0.497 e. The highest BCUT2D eigenvalue weighted by Gasteiger charge is 2.49. The van der Waals surface area contributed by atoms with E-state index in [1.807, 2.05) is 6.07 Å². The van der Waals surface area contributed by atoms with Crippen LogP contribution in [0.5, 0.6) is 11.5 Å². The van der Waals surface area contributed by atoms with Gasteiger partial charge in [-0.25, -0.2) is 4.79 Å². The van der Waals surface area contributed by atoms with Crippen molar-refractivity contribution < 1.29 is 19.4 Å². The maximum Gasteiger partial charge on any atom is 0.353 e. The molecule has 0 unspecified atom stereocenters. The fourth-order valence-electron chi connectivity index (χ4n) is 2.24. The average Bonchev–Trinajstić information content (AvgIpc) is 2.72. The molecular formula is C15H12O4. The molecule has 0 saturated carbocycles. The van der Waals surface area contributed by atoms with Crippen LogP contribution in [0.4, 0.5) is 0 Å². The quantitative estimate of drug-likeness (QED) is 0.658. The van der Waals surface area contributed by atoms with Gasteiger partial charge in [0.1, 0.15) is 11.5 Å². The fourth-order valence-corrected chi connectivity index (χ4v) is 2.24. The fraction of sp³-hybridized carbons (Fsp3) is 0.133. The Balaban J connectivity index is 2.21. The third kappa shape index (κ3) is 1.61. The first-order chi connectivity index (χ1) is 9.16. The molecule has 2 aromatic carbocycles. The minimum absolute atomic E-state index is 0.358. The Kier molecular flexibility index (Phi) is 2.54. The van der Waals surface area contributed by atoms with Crippen LogP contribution < -0.4 is 9.47 Å². The molecule has 0 amide bonds. The van der Waals surface area contributed by atoms with Gasteiger partial charge in [0.05, 0.1) is 7.11 Å². The van der Waals surface area contributed by atoms with Gasteiger partial charge in [-0.1, -0.05) is 30.3 Å². The lowest BCUT2D eigenvalue weighted by atomic mass is 9.87. The summed E-state index contributed by atoms with van der Waals surface area (Å²) in [4.78, 5) is 12.0. The van der Waals surface area contributed by atoms with Crippen LogP contribution in [-0.2, 0) is 10.4 Å². The Bertz CT molecular complexity index is 636. The molecule has 0 fully saturated rings. The Morgan fingerprint density at radius 1 is 1.16 bits per heavy atom. The number of methoxy groups -OCH3 is 1. The molecular weight excluding hydrogens is 244 g/mol. The molecule has 0 bridgehead atoms. The van der Waals surface area contributed by atoms with E-state index in [1.165, 1.54) is 7.11 Å². The predicted molar refractivity (Wildman–Crippen MR) is 68.1 cm³/mol. The molecule has 1 atom stereocenters. The van der Waals surface area contributed by atoms with Gasteiger partial charge in [0.15, 0.2) is 0 Å². The molecule has 3 rings (SSSR count). The highest BCUT2D eigenvalue weighted by atomic mass is 16.6. The Morgan fingerprint density at radius 2 is 1.89 bits per heavy atom. The highest BCUT2D eigenvalue weighted by molar-refractivity contribution is 5.92. The van der Waals surface area contributed by atoms with Crippen LogP contribution in [0.1, 0.15) is 11.1 Å². The number of ether oxygens (including phenoxy) is 2. The smallest absolute Gasteiger partial charge is 0.353 e. The first-order valence-corrected chi connectivity index (χ1v) is 5.85. The van der Waals surface area contributed by atoms with Gasteiger partial charge in [-0.2, -0.15) is 0 Å². The van der Waals surface area contributed by atoms with E-state index in [1.54, 1.807) is 42.5 Å². The monoisotopic (exact) mass is 256 g/mol. The van der Waals surface area contributed by atoms with E-state index in [-0.39, 0.29) is 0 Å². The van der Waals surface area contributed by atoms with Gasteiger partial charge in [-0.3, -0.25) is 0 Å². The van der Waals surface area contributed by atoms with Gasteiger partial charge in [0.2, 0.25) is 5.60 Å². The second kappa shape index (κ2) is 4.10. The lowest BCUT2D eigenvalue weighted by Gasteiger charge is -2.19. The molecule has 0 spiro atoms. The summed E-state index contributed by atoms with van der Waals surface area (Å²) < 4.78 is 10.3. The van der Waals surface area contributed by atoms with Crippen molar-refractivity contribution in [2.75, 3.05) is 7.11 Å². The lowest BCUT2D eigenvalue weighted by Crippen LogP contribution is -2.34. The summed E-state index contributed by atoms with van der Waals surface area (Å²) in [5, 5.41) is 10.8. The van der Waals surface area contributed by atoms with Crippen molar-refractivity contribution in [3.05, 3.63) is 59.7 Å². The summed E-state index contributed by atoms with van der Waals surface area (Å²) in [5.41, 5.74) is -0.888. The number of carbonyl (C=O) groups excluding carboxylic acids is 1. The molecule has 1 N–H and O–H groups in total. The number of esters is 1. The maximum absolute atomic E-state index is 12.0. The number of fused-ring (bicyclic) bond motifs is 1. The molecule has 0 saturated heterocycles. The standard InChI is InChI=1S/C15H12O4/c1-18-11-7-8-13-12(9-11)15(17,14(16)19-13)10-5-3-2-4-6-10/h2-9,17H,1H3/t15-/m0/s1. The van der Waals surface area contributed by atoms with Crippen LogP contribution in [0, 0.1) is 0 Å². The van der Waals surface area contributed by atoms with E-state index in [2.05, 4.69) is 0 Å². The largest absolute Gasteiger partial charge is 0.497 e. The van der Waals surface area contributed by atoms with Crippen LogP contribution in [0.25, 0.3) is 0 Å². The number of rotatable bonds is 2. The molecule has 1 aliphatic heterocycles. The van der Waals surface area contributed by atoms with Crippen LogP contribution in [-0.4, -0.2) is 18.2 Å². The SMILES string of the molecule is COc1ccc2c(c1)[C@@](O)(c1ccccc1)C(=O)O2. The summed E-state index contributed by atoms with van der Waals surface area (Å²) in [6.07, 6.45) is 0. The number of benzene rings is 2. The normalized spacial score (nSPS) is 20.8. The van der Waals surface area contributed by atoms with E-state index in [0.29, 0.717) is 22.6 Å². The topological polar surface area (TPSA) is 55.8 Å². The number of hydrogen-bond donors (Lipinski definition) is 1. The van der Waals surface area contributed by atoms with Crippen molar-refractivity contribution in [3.63, 3.8) is 0 Å². The molecule has 2 aromatic rings. The van der Waals surface area contributed by atoms with E-state index in [9.17, 15) is 9.90 Å². The zero-order chi connectivity index (χ0) is 13.5. The van der Waals surface area contributed by atoms with Crippen LogP contribution in [0.15, 0.2) is 48.5 Å². The molecule has 1 heterocycles. The van der Waals surface area contributed by atoms with Gasteiger partial charge in [0, 0.05) is 5.56 Å². The third-order valence-electron chi connectivity index (χ3n) is 3.27. The van der Waals surface area contributed by atoms with Crippen molar-refractivity contribution in [1.29, 1.82) is 0 Å². The third-order valence-corrected chi connectivity index (χ3v) is 3.27. The van der Waals surface area contributed by atoms with Gasteiger partial charge in [-0.05, 0) is 23.8 Å². The van der Waals surface area contributed by atoms with Crippen molar-refractivity contribution in [1.82, 2.24) is 0 Å². The van der Waals surface area contributed by atoms with Crippen LogP contribution >= 0.6 is 0 Å². The molecule has 4 heteroatoms. The number of hydrogen-bond acceptors (Lipinski definition) is 4. The van der Waals surface area contributed by atoms with Crippen molar-refractivity contribution >= 4 is 5.97 Å². The summed E-state index contributed by atoms with van der Waals surface area (Å²) >= 11 is 0. The van der Waals surface area contributed by atoms with Gasteiger partial charge in [0.25, 0.3) is 0 Å². The van der Waals surface area contributed by atoms with E-state index in [4.69, 9.17) is 9.47 Å². The molecule has 19 heavy (non-hydrogen) atoms. The van der Waals surface area contributed by atoms with E-state index < -0.39 is 11.6 Å². The molecule has 0 aliphatic carbocycles. The maximum atomic E-state index is 12.0. The van der Waals surface area contributed by atoms with Crippen LogP contribution in [0.3, 0.4) is 0 Å². The predicted octanol–water partition coefficient (Wildman–Crippen LogP) is 1.85. The molecule has 1 aliphatic rings. The molecule has 96 valence electrons. The lowest BCUT2D eigenvalue weighted by molar-refractivity contribution is -0.147. The van der Waals surface area contributed by atoms with Crippen molar-refractivity contribution in [3.8, 4) is 11.5 Å². The van der Waals surface area contributed by atoms with Crippen molar-refractivity contribution in [2.45, 2.75) is 5.60 Å². The molecule has 0 radical (unpaired) electrons. The summed E-state index contributed by atoms with van der Waals surface area (Å²) in [6, 6.07) is 13.6. The van der Waals surface area contributed by atoms with Gasteiger partial charge >= 0.3 is 5.97 Å². The van der Waals surface area contributed by atoms with Crippen LogP contribution in [0.2, 0.25) is 0 Å². The Labute approximate surface area is 110 Å². The minimum atomic E-state index is -1.77. The molecule has 0 aromatic heterocycles. The number of carbonyl (C=O) groups is 1. The Hall–Kier alpha value is -2.33. The molecule has 4 nitrogen and oxygen atoms in total. The zero-order valence-electron chi connectivity index (χ0n) is 10.3. The van der Waals surface area contributed by atoms with Gasteiger partial charge < -0.3 is 14.6 Å². The summed E-state index contributed by atoms with van der Waals surface area (Å²) in [7, 11) is 1.53. The second-order valence-corrected chi connectivity index (χ2v) is 4.33. The highest BCUT2D eigenvalue weighted by Crippen LogP contribution is 2.43. The Morgan fingerprint density at radius 3 is 2.58 bits per heavy atom. The van der Waals surface area contributed by atoms with Gasteiger partial charge in [-0.15, -0.1) is 0 Å². The van der Waals surface area contributed by atoms with E-state index >= 15 is 0 Å². The summed E-state index contributed by atoms with van der Waals surface area (Å²) in [5.74, 6) is 0.227. The second-order valence-electron chi connectivity index (χ2n) is 4.33. The summed E-state index contributed by atoms with van der Waals surface area (Å²) in [6.45, 7) is 0. The first-order valence-electron chi connectivity index (χ1n) is 5.85. The van der Waals surface area contributed by atoms with Crippen molar-refractivity contribution in [2.24, 2.45) is 0 Å². The average molecular weight is 256 g/mol. The first kappa shape index (κ1) is 11.7. The van der Waals surface area contributed by atoms with E-state index in [0.717, 1.165) is 0 Å². The number of aliphatic hydroxyl groups is 1.